The molecule has 1 aromatic carbocycles. The van der Waals surface area contributed by atoms with Crippen LogP contribution in [0.2, 0.25) is 5.02 Å². The largest absolute Gasteiger partial charge is 0.469 e. The Bertz CT molecular complexity index is 537. The van der Waals surface area contributed by atoms with E-state index in [2.05, 4.69) is 6.07 Å². The van der Waals surface area contributed by atoms with E-state index < -0.39 is 0 Å². The van der Waals surface area contributed by atoms with Gasteiger partial charge in [0.1, 0.15) is 0 Å². The quantitative estimate of drug-likeness (QED) is 0.769. The van der Waals surface area contributed by atoms with Crippen molar-refractivity contribution in [1.82, 2.24) is 0 Å². The number of carbonyl (C=O) groups is 1. The van der Waals surface area contributed by atoms with Gasteiger partial charge in [0.25, 0.3) is 0 Å². The van der Waals surface area contributed by atoms with Gasteiger partial charge in [0.15, 0.2) is 0 Å². The molecule has 0 amide bonds. The minimum Gasteiger partial charge on any atom is -0.469 e. The highest BCUT2D eigenvalue weighted by Gasteiger charge is 2.23. The lowest BCUT2D eigenvalue weighted by Crippen LogP contribution is -2.15. The number of halogens is 1. The molecular weight excluding hydrogens is 280 g/mol. The van der Waals surface area contributed by atoms with Crippen LogP contribution in [0, 0.1) is 0 Å². The van der Waals surface area contributed by atoms with Gasteiger partial charge in [-0.05, 0) is 35.9 Å². The summed E-state index contributed by atoms with van der Waals surface area (Å²) in [6.07, 6.45) is 1.56. The van der Waals surface area contributed by atoms with E-state index in [0.29, 0.717) is 11.4 Å². The molecule has 0 aliphatic carbocycles. The Morgan fingerprint density at radius 3 is 2.74 bits per heavy atom. The minimum atomic E-state index is -0.305. The number of benzene rings is 1. The first-order valence-electron chi connectivity index (χ1n) is 6.07. The van der Waals surface area contributed by atoms with E-state index in [1.54, 1.807) is 17.4 Å². The Balaban J connectivity index is 2.17. The summed E-state index contributed by atoms with van der Waals surface area (Å²) < 4.78 is 4.90. The number of esters is 1. The summed E-state index contributed by atoms with van der Waals surface area (Å²) in [4.78, 5) is 13.2. The molecule has 1 heterocycles. The number of hydrogen-bond donors (Lipinski definition) is 0. The van der Waals surface area contributed by atoms with Crippen molar-refractivity contribution < 1.29 is 9.53 Å². The maximum Gasteiger partial charge on any atom is 0.313 e. The summed E-state index contributed by atoms with van der Waals surface area (Å²) in [5.41, 5.74) is 0.840. The van der Waals surface area contributed by atoms with Gasteiger partial charge in [-0.25, -0.2) is 0 Å². The van der Waals surface area contributed by atoms with Crippen LogP contribution in [0.15, 0.2) is 41.8 Å². The number of hydrogen-bond acceptors (Lipinski definition) is 3. The second kappa shape index (κ2) is 6.73. The Morgan fingerprint density at radius 2 is 2.11 bits per heavy atom. The Labute approximate surface area is 122 Å². The number of rotatable bonds is 5. The summed E-state index contributed by atoms with van der Waals surface area (Å²) >= 11 is 7.87. The highest BCUT2D eigenvalue weighted by atomic mass is 35.5. The summed E-state index contributed by atoms with van der Waals surface area (Å²) in [6, 6.07) is 11.5. The lowest BCUT2D eigenvalue weighted by molar-refractivity contribution is -0.142. The lowest BCUT2D eigenvalue weighted by Gasteiger charge is -2.15. The van der Waals surface area contributed by atoms with Gasteiger partial charge in [0, 0.05) is 9.90 Å². The molecule has 2 rings (SSSR count). The minimum absolute atomic E-state index is 0.232. The molecule has 2 aromatic rings. The van der Waals surface area contributed by atoms with Crippen LogP contribution in [0.5, 0.6) is 0 Å². The monoisotopic (exact) mass is 294 g/mol. The highest BCUT2D eigenvalue weighted by molar-refractivity contribution is 7.09. The van der Waals surface area contributed by atoms with E-state index in [1.165, 1.54) is 12.0 Å². The van der Waals surface area contributed by atoms with Gasteiger partial charge in [-0.3, -0.25) is 4.79 Å². The molecule has 2 nitrogen and oxygen atoms in total. The smallest absolute Gasteiger partial charge is 0.313 e. The first-order chi connectivity index (χ1) is 9.22. The third kappa shape index (κ3) is 3.58. The number of methoxy groups -OCH3 is 1. The average molecular weight is 295 g/mol. The zero-order chi connectivity index (χ0) is 13.7. The molecule has 4 heteroatoms. The summed E-state index contributed by atoms with van der Waals surface area (Å²) in [6.45, 7) is 0. The Hall–Kier alpha value is -1.32. The van der Waals surface area contributed by atoms with Crippen molar-refractivity contribution in [2.24, 2.45) is 0 Å². The molecule has 0 radical (unpaired) electrons. The van der Waals surface area contributed by atoms with Crippen molar-refractivity contribution in [2.75, 3.05) is 7.11 Å². The third-order valence-corrected chi connectivity index (χ3v) is 4.31. The number of carbonyl (C=O) groups excluding carboxylic acids is 1. The van der Waals surface area contributed by atoms with Crippen LogP contribution in [0.25, 0.3) is 0 Å². The predicted molar refractivity (Wildman–Crippen MR) is 78.8 cm³/mol. The average Bonchev–Trinajstić information content (AvgIpc) is 2.93. The molecule has 19 heavy (non-hydrogen) atoms. The first kappa shape index (κ1) is 14.1. The molecule has 1 atom stereocenters. The van der Waals surface area contributed by atoms with Crippen molar-refractivity contribution in [1.29, 1.82) is 0 Å². The fourth-order valence-corrected chi connectivity index (χ4v) is 3.03. The second-order valence-electron chi connectivity index (χ2n) is 4.22. The van der Waals surface area contributed by atoms with E-state index in [1.807, 2.05) is 29.6 Å². The van der Waals surface area contributed by atoms with Gasteiger partial charge in [0.05, 0.1) is 13.0 Å². The van der Waals surface area contributed by atoms with Crippen LogP contribution in [-0.2, 0) is 16.0 Å². The van der Waals surface area contributed by atoms with E-state index in [4.69, 9.17) is 16.3 Å². The Kier molecular flexibility index (Phi) is 5.00. The number of aryl methyl sites for hydroxylation is 1. The molecule has 0 bridgehead atoms. The maximum atomic E-state index is 11.9. The molecule has 0 saturated carbocycles. The second-order valence-corrected chi connectivity index (χ2v) is 5.65. The first-order valence-corrected chi connectivity index (χ1v) is 7.32. The van der Waals surface area contributed by atoms with Crippen LogP contribution in [0.1, 0.15) is 22.8 Å². The molecule has 0 spiro atoms. The molecule has 0 N–H and O–H groups in total. The molecule has 100 valence electrons. The molecule has 0 aliphatic rings. The topological polar surface area (TPSA) is 26.3 Å². The van der Waals surface area contributed by atoms with E-state index in [-0.39, 0.29) is 11.9 Å². The molecule has 1 aromatic heterocycles. The number of ether oxygens (including phenoxy) is 1. The zero-order valence-corrected chi connectivity index (χ0v) is 12.2. The Morgan fingerprint density at radius 1 is 1.32 bits per heavy atom. The van der Waals surface area contributed by atoms with Crippen molar-refractivity contribution in [3.05, 3.63) is 57.2 Å². The van der Waals surface area contributed by atoms with Gasteiger partial charge in [0.2, 0.25) is 0 Å². The van der Waals surface area contributed by atoms with E-state index >= 15 is 0 Å². The number of thiophene rings is 1. The normalized spacial score (nSPS) is 12.1. The van der Waals surface area contributed by atoms with E-state index in [9.17, 15) is 4.79 Å². The molecule has 0 fully saturated rings. The van der Waals surface area contributed by atoms with Crippen molar-refractivity contribution in [3.63, 3.8) is 0 Å². The molecule has 0 saturated heterocycles. The van der Waals surface area contributed by atoms with Gasteiger partial charge in [-0.1, -0.05) is 35.9 Å². The molecular formula is C15H15ClO2S. The van der Waals surface area contributed by atoms with Crippen LogP contribution in [-0.4, -0.2) is 13.1 Å². The summed E-state index contributed by atoms with van der Waals surface area (Å²) in [5, 5.41) is 2.65. The van der Waals surface area contributed by atoms with Crippen molar-refractivity contribution in [3.8, 4) is 0 Å². The van der Waals surface area contributed by atoms with Crippen molar-refractivity contribution >= 4 is 28.9 Å². The molecule has 1 unspecified atom stereocenters. The van der Waals surface area contributed by atoms with Crippen LogP contribution in [0.4, 0.5) is 0 Å². The third-order valence-electron chi connectivity index (χ3n) is 3.03. The summed E-state index contributed by atoms with van der Waals surface area (Å²) in [5.74, 6) is -0.537. The SMILES string of the molecule is COC(=O)C(CCc1cccs1)c1ccccc1Cl. The van der Waals surface area contributed by atoms with Crippen LogP contribution in [0.3, 0.4) is 0 Å². The fraction of sp³-hybridized carbons (Fsp3) is 0.267. The van der Waals surface area contributed by atoms with E-state index in [0.717, 1.165) is 12.0 Å². The highest BCUT2D eigenvalue weighted by Crippen LogP contribution is 2.29. The van der Waals surface area contributed by atoms with Gasteiger partial charge in [-0.2, -0.15) is 0 Å². The zero-order valence-electron chi connectivity index (χ0n) is 10.6. The van der Waals surface area contributed by atoms with Gasteiger partial charge in [-0.15, -0.1) is 11.3 Å². The van der Waals surface area contributed by atoms with Crippen LogP contribution >= 0.6 is 22.9 Å². The van der Waals surface area contributed by atoms with Gasteiger partial charge < -0.3 is 4.74 Å². The van der Waals surface area contributed by atoms with Crippen molar-refractivity contribution in [2.45, 2.75) is 18.8 Å². The lowest BCUT2D eigenvalue weighted by atomic mass is 9.94. The summed E-state index contributed by atoms with van der Waals surface area (Å²) in [7, 11) is 1.41. The predicted octanol–water partition coefficient (Wildman–Crippen LogP) is 4.29. The maximum absolute atomic E-state index is 11.9. The fourth-order valence-electron chi connectivity index (χ4n) is 2.04. The standard InChI is InChI=1S/C15H15ClO2S/c1-18-15(17)13(9-8-11-5-4-10-19-11)12-6-2-3-7-14(12)16/h2-7,10,13H,8-9H2,1H3. The van der Waals surface area contributed by atoms with Crippen LogP contribution < -0.4 is 0 Å². The van der Waals surface area contributed by atoms with Gasteiger partial charge >= 0.3 is 5.97 Å². The molecule has 0 aliphatic heterocycles.